The van der Waals surface area contributed by atoms with Crippen LogP contribution in [0.2, 0.25) is 0 Å². The normalized spacial score (nSPS) is 20.3. The molecule has 0 radical (unpaired) electrons. The molecule has 4 nitrogen and oxygen atoms in total. The van der Waals surface area contributed by atoms with Crippen molar-refractivity contribution in [2.45, 2.75) is 57.8 Å². The number of hydrogen-bond donors (Lipinski definition) is 2. The van der Waals surface area contributed by atoms with Gasteiger partial charge in [0.05, 0.1) is 12.2 Å². The highest BCUT2D eigenvalue weighted by molar-refractivity contribution is 5.36. The topological polar surface area (TPSA) is 56.5 Å². The maximum Gasteiger partial charge on any atom is 0.124 e. The van der Waals surface area contributed by atoms with Crippen LogP contribution in [0.15, 0.2) is 24.3 Å². The quantitative estimate of drug-likeness (QED) is 0.595. The van der Waals surface area contributed by atoms with Crippen molar-refractivity contribution in [2.24, 2.45) is 5.84 Å². The van der Waals surface area contributed by atoms with Gasteiger partial charge in [-0.15, -0.1) is 0 Å². The van der Waals surface area contributed by atoms with Gasteiger partial charge in [0.1, 0.15) is 5.75 Å². The molecule has 0 bridgehead atoms. The molecule has 4 heteroatoms. The van der Waals surface area contributed by atoms with Gasteiger partial charge < -0.3 is 9.47 Å². The zero-order chi connectivity index (χ0) is 14.4. The van der Waals surface area contributed by atoms with Gasteiger partial charge in [-0.25, -0.2) is 0 Å². The lowest BCUT2D eigenvalue weighted by atomic mass is 9.99. The summed E-state index contributed by atoms with van der Waals surface area (Å²) >= 11 is 0. The van der Waals surface area contributed by atoms with Crippen LogP contribution in [0.5, 0.6) is 5.75 Å². The first-order valence-electron chi connectivity index (χ1n) is 7.54. The minimum atomic E-state index is 0.106. The molecular formula is C16H26N2O2. The zero-order valence-electron chi connectivity index (χ0n) is 12.5. The van der Waals surface area contributed by atoms with Crippen molar-refractivity contribution in [1.82, 2.24) is 5.43 Å². The molecule has 0 saturated carbocycles. The summed E-state index contributed by atoms with van der Waals surface area (Å²) in [6.07, 6.45) is 4.89. The van der Waals surface area contributed by atoms with E-state index < -0.39 is 0 Å². The van der Waals surface area contributed by atoms with Crippen molar-refractivity contribution in [2.75, 3.05) is 6.61 Å². The number of rotatable bonds is 7. The van der Waals surface area contributed by atoms with E-state index in [0.29, 0.717) is 6.10 Å². The van der Waals surface area contributed by atoms with Crippen LogP contribution in [0.4, 0.5) is 0 Å². The first kappa shape index (κ1) is 15.3. The van der Waals surface area contributed by atoms with Crippen LogP contribution in [0, 0.1) is 0 Å². The minimum Gasteiger partial charge on any atom is -0.491 e. The summed E-state index contributed by atoms with van der Waals surface area (Å²) in [5, 5.41) is 0. The van der Waals surface area contributed by atoms with Crippen molar-refractivity contribution in [3.05, 3.63) is 29.8 Å². The van der Waals surface area contributed by atoms with Crippen LogP contribution in [-0.4, -0.2) is 18.8 Å². The van der Waals surface area contributed by atoms with Crippen LogP contribution >= 0.6 is 0 Å². The van der Waals surface area contributed by atoms with Crippen molar-refractivity contribution in [1.29, 1.82) is 0 Å². The number of ether oxygens (including phenoxy) is 2. The summed E-state index contributed by atoms with van der Waals surface area (Å²) in [5.74, 6) is 6.66. The molecule has 112 valence electrons. The number of hydrazine groups is 1. The second kappa shape index (κ2) is 7.62. The van der Waals surface area contributed by atoms with Crippen LogP contribution in [0.25, 0.3) is 0 Å². The fourth-order valence-corrected chi connectivity index (χ4v) is 2.68. The molecule has 20 heavy (non-hydrogen) atoms. The van der Waals surface area contributed by atoms with Gasteiger partial charge in [0.25, 0.3) is 0 Å². The van der Waals surface area contributed by atoms with Gasteiger partial charge in [-0.2, -0.15) is 0 Å². The lowest BCUT2D eigenvalue weighted by molar-refractivity contribution is 0.0994. The van der Waals surface area contributed by atoms with Gasteiger partial charge >= 0.3 is 0 Å². The molecule has 0 spiro atoms. The Labute approximate surface area is 121 Å². The standard InChI is InChI=1S/C16H26N2O2/c1-12(2)20-16-8-4-3-7-14(16)15(18-17)10-9-13-6-5-11-19-13/h3-4,7-8,12-13,15,18H,5-6,9-11,17H2,1-2H3. The summed E-state index contributed by atoms with van der Waals surface area (Å²) in [7, 11) is 0. The summed E-state index contributed by atoms with van der Waals surface area (Å²) < 4.78 is 11.6. The molecule has 1 heterocycles. The van der Waals surface area contributed by atoms with Gasteiger partial charge in [0.2, 0.25) is 0 Å². The highest BCUT2D eigenvalue weighted by atomic mass is 16.5. The maximum atomic E-state index is 5.87. The predicted molar refractivity (Wildman–Crippen MR) is 80.5 cm³/mol. The third-order valence-corrected chi connectivity index (χ3v) is 3.66. The zero-order valence-corrected chi connectivity index (χ0v) is 12.5. The molecule has 0 aliphatic carbocycles. The Kier molecular flexibility index (Phi) is 5.83. The van der Waals surface area contributed by atoms with E-state index in [1.807, 2.05) is 32.0 Å². The molecule has 1 aliphatic heterocycles. The lowest BCUT2D eigenvalue weighted by Gasteiger charge is -2.22. The Morgan fingerprint density at radius 3 is 2.85 bits per heavy atom. The van der Waals surface area contributed by atoms with Crippen molar-refractivity contribution in [3.8, 4) is 5.75 Å². The van der Waals surface area contributed by atoms with Gasteiger partial charge in [0.15, 0.2) is 0 Å². The highest BCUT2D eigenvalue weighted by Crippen LogP contribution is 2.30. The third kappa shape index (κ3) is 4.20. The third-order valence-electron chi connectivity index (χ3n) is 3.66. The fourth-order valence-electron chi connectivity index (χ4n) is 2.68. The summed E-state index contributed by atoms with van der Waals surface area (Å²) in [6, 6.07) is 8.21. The minimum absolute atomic E-state index is 0.106. The fraction of sp³-hybridized carbons (Fsp3) is 0.625. The number of nitrogens with two attached hydrogens (primary N) is 1. The number of para-hydroxylation sites is 1. The van der Waals surface area contributed by atoms with E-state index >= 15 is 0 Å². The smallest absolute Gasteiger partial charge is 0.124 e. The largest absolute Gasteiger partial charge is 0.491 e. The Bertz CT molecular complexity index is 403. The lowest BCUT2D eigenvalue weighted by Crippen LogP contribution is -2.29. The molecule has 2 unspecified atom stereocenters. The highest BCUT2D eigenvalue weighted by Gasteiger charge is 2.20. The summed E-state index contributed by atoms with van der Waals surface area (Å²) in [4.78, 5) is 0. The van der Waals surface area contributed by atoms with E-state index in [1.165, 1.54) is 12.8 Å². The SMILES string of the molecule is CC(C)Oc1ccccc1C(CCC1CCCO1)NN. The summed E-state index contributed by atoms with van der Waals surface area (Å²) in [6.45, 7) is 4.97. The van der Waals surface area contributed by atoms with Crippen molar-refractivity contribution >= 4 is 0 Å². The average Bonchev–Trinajstić information content (AvgIpc) is 2.94. The first-order valence-corrected chi connectivity index (χ1v) is 7.54. The first-order chi connectivity index (χ1) is 9.70. The molecule has 0 aromatic heterocycles. The van der Waals surface area contributed by atoms with E-state index in [4.69, 9.17) is 15.3 Å². The average molecular weight is 278 g/mol. The molecule has 2 atom stereocenters. The number of hydrogen-bond acceptors (Lipinski definition) is 4. The molecule has 3 N–H and O–H groups in total. The number of nitrogens with one attached hydrogen (secondary N) is 1. The second-order valence-electron chi connectivity index (χ2n) is 5.64. The van der Waals surface area contributed by atoms with Crippen LogP contribution in [-0.2, 0) is 4.74 Å². The van der Waals surface area contributed by atoms with E-state index in [2.05, 4.69) is 11.5 Å². The molecule has 1 saturated heterocycles. The van der Waals surface area contributed by atoms with E-state index in [0.717, 1.165) is 30.8 Å². The Hall–Kier alpha value is -1.10. The molecule has 0 amide bonds. The maximum absolute atomic E-state index is 5.87. The Morgan fingerprint density at radius 2 is 2.20 bits per heavy atom. The predicted octanol–water partition coefficient (Wildman–Crippen LogP) is 2.94. The van der Waals surface area contributed by atoms with E-state index in [1.54, 1.807) is 0 Å². The number of benzene rings is 1. The van der Waals surface area contributed by atoms with Crippen molar-refractivity contribution < 1.29 is 9.47 Å². The Morgan fingerprint density at radius 1 is 1.40 bits per heavy atom. The molecule has 1 aliphatic rings. The van der Waals surface area contributed by atoms with Gasteiger partial charge in [-0.3, -0.25) is 11.3 Å². The molecule has 1 aromatic rings. The van der Waals surface area contributed by atoms with Crippen molar-refractivity contribution in [3.63, 3.8) is 0 Å². The molecule has 1 aromatic carbocycles. The molecule has 1 fully saturated rings. The van der Waals surface area contributed by atoms with E-state index in [9.17, 15) is 0 Å². The van der Waals surface area contributed by atoms with E-state index in [-0.39, 0.29) is 12.1 Å². The molecule has 2 rings (SSSR count). The van der Waals surface area contributed by atoms with Gasteiger partial charge in [-0.1, -0.05) is 18.2 Å². The van der Waals surface area contributed by atoms with Crippen LogP contribution in [0.3, 0.4) is 0 Å². The second-order valence-corrected chi connectivity index (χ2v) is 5.64. The summed E-state index contributed by atoms with van der Waals surface area (Å²) in [5.41, 5.74) is 4.05. The van der Waals surface area contributed by atoms with Gasteiger partial charge in [-0.05, 0) is 45.6 Å². The Balaban J connectivity index is 2.01. The van der Waals surface area contributed by atoms with Crippen LogP contribution < -0.4 is 16.0 Å². The van der Waals surface area contributed by atoms with Gasteiger partial charge in [0, 0.05) is 18.2 Å². The van der Waals surface area contributed by atoms with Crippen LogP contribution in [0.1, 0.15) is 51.1 Å². The molecular weight excluding hydrogens is 252 g/mol. The monoisotopic (exact) mass is 278 g/mol.